The third-order valence-corrected chi connectivity index (χ3v) is 6.76. The van der Waals surface area contributed by atoms with Gasteiger partial charge in [0.05, 0.1) is 22.2 Å². The maximum atomic E-state index is 12.7. The zero-order valence-corrected chi connectivity index (χ0v) is 17.2. The van der Waals surface area contributed by atoms with Crippen molar-refractivity contribution >= 4 is 67.8 Å². The van der Waals surface area contributed by atoms with E-state index in [1.165, 1.54) is 23.5 Å². The number of hydrogen-bond acceptors (Lipinski definition) is 4. The van der Waals surface area contributed by atoms with Crippen LogP contribution in [0.5, 0.6) is 0 Å². The van der Waals surface area contributed by atoms with Crippen molar-refractivity contribution in [3.63, 3.8) is 0 Å². The summed E-state index contributed by atoms with van der Waals surface area (Å²) >= 11 is 19.1. The molecule has 1 aromatic heterocycles. The van der Waals surface area contributed by atoms with Gasteiger partial charge in [0.25, 0.3) is 10.0 Å². The van der Waals surface area contributed by atoms with E-state index in [1.54, 1.807) is 22.7 Å². The molecule has 0 unspecified atom stereocenters. The topological polar surface area (TPSA) is 66.5 Å². The number of carbonyl (C=O) groups is 1. The zero-order valence-electron chi connectivity index (χ0n) is 13.3. The third kappa shape index (κ3) is 4.80. The summed E-state index contributed by atoms with van der Waals surface area (Å²) in [4.78, 5) is 13.4. The number of nitrogens with zero attached hydrogens (tertiary/aromatic N) is 1. The fourth-order valence-electron chi connectivity index (χ4n) is 2.01. The van der Waals surface area contributed by atoms with E-state index in [9.17, 15) is 13.2 Å². The summed E-state index contributed by atoms with van der Waals surface area (Å²) in [6.45, 7) is 2.43. The van der Waals surface area contributed by atoms with Crippen molar-refractivity contribution in [2.45, 2.75) is 18.2 Å². The van der Waals surface area contributed by atoms with Gasteiger partial charge < -0.3 is 4.90 Å². The van der Waals surface area contributed by atoms with Crippen molar-refractivity contribution in [2.24, 2.45) is 0 Å². The Kier molecular flexibility index (Phi) is 6.62. The SMILES string of the molecule is CCN(C)C(=O)Cc1cscc1NS(=O)(=O)c1c(Cl)cc(Cl)cc1Cl. The molecule has 0 aliphatic carbocycles. The summed E-state index contributed by atoms with van der Waals surface area (Å²) in [7, 11) is -2.35. The lowest BCUT2D eigenvalue weighted by atomic mass is 10.2. The lowest BCUT2D eigenvalue weighted by Gasteiger charge is -2.15. The van der Waals surface area contributed by atoms with Crippen LogP contribution in [0.2, 0.25) is 15.1 Å². The first-order valence-corrected chi connectivity index (χ1v) is 10.7. The number of sulfonamides is 1. The van der Waals surface area contributed by atoms with Crippen molar-refractivity contribution in [2.75, 3.05) is 18.3 Å². The zero-order chi connectivity index (χ0) is 18.8. The molecule has 0 aliphatic rings. The Morgan fingerprint density at radius 2 is 1.80 bits per heavy atom. The Morgan fingerprint density at radius 1 is 1.20 bits per heavy atom. The van der Waals surface area contributed by atoms with Crippen LogP contribution < -0.4 is 4.72 Å². The van der Waals surface area contributed by atoms with E-state index in [2.05, 4.69) is 4.72 Å². The Hall–Kier alpha value is -0.990. The van der Waals surface area contributed by atoms with Crippen LogP contribution in [0.15, 0.2) is 27.8 Å². The van der Waals surface area contributed by atoms with E-state index in [4.69, 9.17) is 34.8 Å². The first kappa shape index (κ1) is 20.3. The molecule has 2 aromatic rings. The molecule has 5 nitrogen and oxygen atoms in total. The van der Waals surface area contributed by atoms with Crippen LogP contribution in [-0.4, -0.2) is 32.8 Å². The highest BCUT2D eigenvalue weighted by Crippen LogP contribution is 2.34. The molecule has 136 valence electrons. The number of rotatable bonds is 6. The molecule has 1 amide bonds. The minimum atomic E-state index is -4.04. The van der Waals surface area contributed by atoms with E-state index in [0.29, 0.717) is 17.8 Å². The van der Waals surface area contributed by atoms with Gasteiger partial charge in [-0.1, -0.05) is 34.8 Å². The number of nitrogens with one attached hydrogen (secondary N) is 1. The predicted molar refractivity (Wildman–Crippen MR) is 104 cm³/mol. The normalized spacial score (nSPS) is 11.4. The highest BCUT2D eigenvalue weighted by Gasteiger charge is 2.24. The van der Waals surface area contributed by atoms with E-state index < -0.39 is 10.0 Å². The molecule has 0 atom stereocenters. The van der Waals surface area contributed by atoms with E-state index in [1.807, 2.05) is 6.92 Å². The number of halogens is 3. The summed E-state index contributed by atoms with van der Waals surface area (Å²) in [5, 5.41) is 3.42. The van der Waals surface area contributed by atoms with Gasteiger partial charge in [0.1, 0.15) is 4.90 Å². The molecular formula is C15H15Cl3N2O3S2. The van der Waals surface area contributed by atoms with Gasteiger partial charge in [-0.05, 0) is 30.0 Å². The molecule has 0 aliphatic heterocycles. The fraction of sp³-hybridized carbons (Fsp3) is 0.267. The number of benzene rings is 1. The molecule has 0 radical (unpaired) electrons. The largest absolute Gasteiger partial charge is 0.346 e. The van der Waals surface area contributed by atoms with Gasteiger partial charge in [-0.15, -0.1) is 11.3 Å². The average molecular weight is 442 g/mol. The molecule has 2 rings (SSSR count). The van der Waals surface area contributed by atoms with Gasteiger partial charge in [-0.25, -0.2) is 8.42 Å². The van der Waals surface area contributed by atoms with Crippen molar-refractivity contribution in [1.29, 1.82) is 0 Å². The Labute approximate surface area is 165 Å². The summed E-state index contributed by atoms with van der Waals surface area (Å²) in [6, 6.07) is 2.61. The number of amides is 1. The van der Waals surface area contributed by atoms with Gasteiger partial charge in [0, 0.05) is 24.0 Å². The first-order valence-electron chi connectivity index (χ1n) is 7.12. The Balaban J connectivity index is 2.32. The second-order valence-electron chi connectivity index (χ2n) is 5.20. The molecule has 25 heavy (non-hydrogen) atoms. The molecule has 10 heteroatoms. The van der Waals surface area contributed by atoms with E-state index in [-0.39, 0.29) is 32.3 Å². The molecule has 0 saturated heterocycles. The second kappa shape index (κ2) is 8.14. The molecule has 0 bridgehead atoms. The molecule has 0 fully saturated rings. The fourth-order valence-corrected chi connectivity index (χ4v) is 5.51. The molecule has 1 N–H and O–H groups in total. The molecule has 0 spiro atoms. The maximum absolute atomic E-state index is 12.7. The van der Waals surface area contributed by atoms with Crippen LogP contribution >= 0.6 is 46.1 Å². The van der Waals surface area contributed by atoms with Crippen LogP contribution in [0.1, 0.15) is 12.5 Å². The van der Waals surface area contributed by atoms with Crippen molar-refractivity contribution in [3.8, 4) is 0 Å². The highest BCUT2D eigenvalue weighted by atomic mass is 35.5. The van der Waals surface area contributed by atoms with Crippen molar-refractivity contribution in [1.82, 2.24) is 4.90 Å². The monoisotopic (exact) mass is 440 g/mol. The lowest BCUT2D eigenvalue weighted by molar-refractivity contribution is -0.128. The molecule has 1 aromatic carbocycles. The average Bonchev–Trinajstić information content (AvgIpc) is 2.91. The molecule has 0 saturated carbocycles. The first-order chi connectivity index (χ1) is 11.7. The number of anilines is 1. The number of likely N-dealkylation sites (N-methyl/N-ethyl adjacent to an activating group) is 1. The Morgan fingerprint density at radius 3 is 2.36 bits per heavy atom. The lowest BCUT2D eigenvalue weighted by Crippen LogP contribution is -2.28. The second-order valence-corrected chi connectivity index (χ2v) is 8.81. The third-order valence-electron chi connectivity index (χ3n) is 3.46. The van der Waals surface area contributed by atoms with Crippen LogP contribution in [0, 0.1) is 0 Å². The Bertz CT molecular complexity index is 874. The van der Waals surface area contributed by atoms with E-state index >= 15 is 0 Å². The number of hydrogen-bond donors (Lipinski definition) is 1. The number of thiophene rings is 1. The van der Waals surface area contributed by atoms with E-state index in [0.717, 1.165) is 0 Å². The van der Waals surface area contributed by atoms with Crippen LogP contribution in [0.3, 0.4) is 0 Å². The standard InChI is InChI=1S/C15H15Cl3N2O3S2/c1-3-20(2)14(21)4-9-7-24-8-13(9)19-25(22,23)15-11(17)5-10(16)6-12(15)18/h5-8,19H,3-4H2,1-2H3. The van der Waals surface area contributed by atoms with Gasteiger partial charge in [0.2, 0.25) is 5.91 Å². The minimum Gasteiger partial charge on any atom is -0.346 e. The summed E-state index contributed by atoms with van der Waals surface area (Å²) < 4.78 is 27.8. The summed E-state index contributed by atoms with van der Waals surface area (Å²) in [6.07, 6.45) is 0.0910. The summed E-state index contributed by atoms with van der Waals surface area (Å²) in [5.74, 6) is -0.107. The predicted octanol–water partition coefficient (Wildman–Crippen LogP) is 4.53. The van der Waals surface area contributed by atoms with Crippen molar-refractivity contribution < 1.29 is 13.2 Å². The van der Waals surface area contributed by atoms with Gasteiger partial charge >= 0.3 is 0 Å². The van der Waals surface area contributed by atoms with Gasteiger partial charge in [0.15, 0.2) is 0 Å². The van der Waals surface area contributed by atoms with Gasteiger partial charge in [-0.2, -0.15) is 0 Å². The highest BCUT2D eigenvalue weighted by molar-refractivity contribution is 7.93. The van der Waals surface area contributed by atoms with Crippen LogP contribution in [0.25, 0.3) is 0 Å². The summed E-state index contributed by atoms with van der Waals surface area (Å²) in [5.41, 5.74) is 0.907. The van der Waals surface area contributed by atoms with Crippen molar-refractivity contribution in [3.05, 3.63) is 43.5 Å². The maximum Gasteiger partial charge on any atom is 0.264 e. The molecular weight excluding hydrogens is 427 g/mol. The smallest absolute Gasteiger partial charge is 0.264 e. The van der Waals surface area contributed by atoms with Crippen LogP contribution in [0.4, 0.5) is 5.69 Å². The number of carbonyl (C=O) groups excluding carboxylic acids is 1. The quantitative estimate of drug-likeness (QED) is 0.716. The van der Waals surface area contributed by atoms with Crippen LogP contribution in [-0.2, 0) is 21.2 Å². The van der Waals surface area contributed by atoms with Gasteiger partial charge in [-0.3, -0.25) is 9.52 Å². The molecule has 1 heterocycles. The minimum absolute atomic E-state index is 0.0800.